The fraction of sp³-hybridized carbons (Fsp3) is 0.120. The summed E-state index contributed by atoms with van der Waals surface area (Å²) in [7, 11) is 0. The summed E-state index contributed by atoms with van der Waals surface area (Å²) in [5, 5.41) is 12.6. The number of benzene rings is 3. The summed E-state index contributed by atoms with van der Waals surface area (Å²) < 4.78 is 17.2. The molecule has 8 heteroatoms. The maximum atomic E-state index is 12.5. The van der Waals surface area contributed by atoms with Gasteiger partial charge < -0.3 is 19.5 Å². The Morgan fingerprint density at radius 1 is 1.21 bits per heavy atom. The minimum Gasteiger partial charge on any atom is -0.486 e. The molecule has 0 fully saturated rings. The first kappa shape index (κ1) is 22.7. The van der Waals surface area contributed by atoms with Crippen LogP contribution in [0.15, 0.2) is 64.6 Å². The first-order chi connectivity index (χ1) is 15.9. The van der Waals surface area contributed by atoms with E-state index < -0.39 is 5.91 Å². The van der Waals surface area contributed by atoms with Crippen LogP contribution in [0.3, 0.4) is 0 Å². The van der Waals surface area contributed by atoms with Gasteiger partial charge in [-0.3, -0.25) is 4.79 Å². The molecule has 0 atom stereocenters. The van der Waals surface area contributed by atoms with Crippen molar-refractivity contribution in [1.82, 2.24) is 0 Å². The minimum atomic E-state index is -0.501. The number of anilines is 1. The molecule has 1 aliphatic heterocycles. The number of ether oxygens (including phenoxy) is 3. The fourth-order valence-corrected chi connectivity index (χ4v) is 4.21. The number of aryl methyl sites for hydroxylation is 1. The Morgan fingerprint density at radius 2 is 2.03 bits per heavy atom. The van der Waals surface area contributed by atoms with Gasteiger partial charge in [0, 0.05) is 5.69 Å². The molecule has 0 unspecified atom stereocenters. The molecule has 0 radical (unpaired) electrons. The molecule has 0 bridgehead atoms. The van der Waals surface area contributed by atoms with E-state index in [1.165, 1.54) is 6.08 Å². The van der Waals surface area contributed by atoms with Crippen LogP contribution >= 0.6 is 27.5 Å². The average molecular weight is 526 g/mol. The van der Waals surface area contributed by atoms with Gasteiger partial charge in [0.2, 0.25) is 6.79 Å². The Hall–Kier alpha value is -3.47. The second-order valence-corrected chi connectivity index (χ2v) is 8.54. The number of carbonyl (C=O) groups excluding carboxylic acids is 1. The summed E-state index contributed by atoms with van der Waals surface area (Å²) in [6, 6.07) is 18.2. The molecular formula is C25H18BrClN2O4. The lowest BCUT2D eigenvalue weighted by Crippen LogP contribution is -2.13. The number of halogens is 2. The van der Waals surface area contributed by atoms with Crippen molar-refractivity contribution in [2.24, 2.45) is 0 Å². The van der Waals surface area contributed by atoms with Gasteiger partial charge in [0.25, 0.3) is 5.91 Å². The van der Waals surface area contributed by atoms with Crippen molar-refractivity contribution in [2.45, 2.75) is 13.5 Å². The fourth-order valence-electron chi connectivity index (χ4n) is 3.22. The Balaban J connectivity index is 1.49. The SMILES string of the molecule is Cc1cccc(NC(=O)/C(C#N)=C\c2cc(Cl)c(OCc3ccc4c(c3)OCO4)c(Br)c2)c1. The normalized spacial score (nSPS) is 12.2. The van der Waals surface area contributed by atoms with Crippen molar-refractivity contribution in [3.05, 3.63) is 86.4 Å². The van der Waals surface area contributed by atoms with E-state index in [2.05, 4.69) is 21.2 Å². The van der Waals surface area contributed by atoms with Crippen LogP contribution in [-0.4, -0.2) is 12.7 Å². The summed E-state index contributed by atoms with van der Waals surface area (Å²) in [5.41, 5.74) is 3.05. The number of rotatable bonds is 6. The summed E-state index contributed by atoms with van der Waals surface area (Å²) in [4.78, 5) is 12.5. The summed E-state index contributed by atoms with van der Waals surface area (Å²) in [6.45, 7) is 2.40. The molecule has 0 aliphatic carbocycles. The maximum absolute atomic E-state index is 12.5. The molecule has 3 aromatic rings. The van der Waals surface area contributed by atoms with Crippen LogP contribution in [-0.2, 0) is 11.4 Å². The van der Waals surface area contributed by atoms with E-state index in [1.54, 1.807) is 18.2 Å². The van der Waals surface area contributed by atoms with Crippen LogP contribution in [0, 0.1) is 18.3 Å². The maximum Gasteiger partial charge on any atom is 0.266 e. The van der Waals surface area contributed by atoms with E-state index in [-0.39, 0.29) is 19.0 Å². The Labute approximate surface area is 204 Å². The highest BCUT2D eigenvalue weighted by Gasteiger charge is 2.15. The van der Waals surface area contributed by atoms with E-state index in [1.807, 2.05) is 49.4 Å². The van der Waals surface area contributed by atoms with E-state index in [4.69, 9.17) is 25.8 Å². The third-order valence-corrected chi connectivity index (χ3v) is 5.66. The van der Waals surface area contributed by atoms with Crippen molar-refractivity contribution >= 4 is 45.2 Å². The highest BCUT2D eigenvalue weighted by atomic mass is 79.9. The third-order valence-electron chi connectivity index (χ3n) is 4.79. The van der Waals surface area contributed by atoms with E-state index in [9.17, 15) is 10.1 Å². The van der Waals surface area contributed by atoms with Crippen molar-refractivity contribution in [2.75, 3.05) is 12.1 Å². The van der Waals surface area contributed by atoms with Crippen LogP contribution in [0.5, 0.6) is 17.2 Å². The molecule has 1 aliphatic rings. The number of fused-ring (bicyclic) bond motifs is 1. The third kappa shape index (κ3) is 5.48. The van der Waals surface area contributed by atoms with E-state index in [0.29, 0.717) is 38.0 Å². The van der Waals surface area contributed by atoms with Crippen LogP contribution in [0.2, 0.25) is 5.02 Å². The van der Waals surface area contributed by atoms with Gasteiger partial charge in [-0.25, -0.2) is 0 Å². The zero-order valence-electron chi connectivity index (χ0n) is 17.5. The molecule has 1 N–H and O–H groups in total. The first-order valence-corrected chi connectivity index (χ1v) is 11.1. The molecule has 4 rings (SSSR count). The van der Waals surface area contributed by atoms with Gasteiger partial charge in [0.15, 0.2) is 17.2 Å². The Kier molecular flexibility index (Phi) is 6.87. The number of nitrogens with zero attached hydrogens (tertiary/aromatic N) is 1. The summed E-state index contributed by atoms with van der Waals surface area (Å²) in [6.07, 6.45) is 1.48. The molecule has 1 amide bonds. The summed E-state index contributed by atoms with van der Waals surface area (Å²) >= 11 is 9.90. The van der Waals surface area contributed by atoms with Gasteiger partial charge in [-0.05, 0) is 82.0 Å². The second-order valence-electron chi connectivity index (χ2n) is 7.28. The quantitative estimate of drug-likeness (QED) is 0.303. The largest absolute Gasteiger partial charge is 0.486 e. The molecule has 0 spiro atoms. The van der Waals surface area contributed by atoms with Gasteiger partial charge in [-0.15, -0.1) is 0 Å². The predicted octanol–water partition coefficient (Wildman–Crippen LogP) is 6.26. The lowest BCUT2D eigenvalue weighted by Gasteiger charge is -2.12. The van der Waals surface area contributed by atoms with Gasteiger partial charge in [-0.2, -0.15) is 5.26 Å². The van der Waals surface area contributed by atoms with Gasteiger partial charge in [-0.1, -0.05) is 29.8 Å². The summed E-state index contributed by atoms with van der Waals surface area (Å²) in [5.74, 6) is 1.33. The smallest absolute Gasteiger partial charge is 0.266 e. The number of carbonyl (C=O) groups is 1. The average Bonchev–Trinajstić information content (AvgIpc) is 3.25. The van der Waals surface area contributed by atoms with Gasteiger partial charge in [0.05, 0.1) is 9.50 Å². The topological polar surface area (TPSA) is 80.6 Å². The van der Waals surface area contributed by atoms with E-state index in [0.717, 1.165) is 11.1 Å². The van der Waals surface area contributed by atoms with Gasteiger partial charge >= 0.3 is 0 Å². The Morgan fingerprint density at radius 3 is 2.79 bits per heavy atom. The molecule has 166 valence electrons. The zero-order valence-corrected chi connectivity index (χ0v) is 19.9. The minimum absolute atomic E-state index is 0.0477. The Bertz CT molecular complexity index is 1280. The monoisotopic (exact) mass is 524 g/mol. The molecule has 1 heterocycles. The standard InChI is InChI=1S/C25H18BrClN2O4/c1-15-3-2-4-19(7-15)29-25(30)18(12-28)8-17-9-20(26)24(21(27)10-17)31-13-16-5-6-22-23(11-16)33-14-32-22/h2-11H,13-14H2,1H3,(H,29,30)/b18-8-. The zero-order chi connectivity index (χ0) is 23.4. The molecule has 0 aromatic heterocycles. The number of nitrogens with one attached hydrogen (secondary N) is 1. The van der Waals surface area contributed by atoms with Crippen molar-refractivity contribution in [1.29, 1.82) is 5.26 Å². The van der Waals surface area contributed by atoms with Crippen LogP contribution in [0.1, 0.15) is 16.7 Å². The van der Waals surface area contributed by atoms with Crippen molar-refractivity contribution in [3.63, 3.8) is 0 Å². The van der Waals surface area contributed by atoms with Crippen molar-refractivity contribution in [3.8, 4) is 23.3 Å². The molecule has 6 nitrogen and oxygen atoms in total. The molecule has 3 aromatic carbocycles. The highest BCUT2D eigenvalue weighted by molar-refractivity contribution is 9.10. The highest BCUT2D eigenvalue weighted by Crippen LogP contribution is 2.37. The van der Waals surface area contributed by atoms with Crippen LogP contribution < -0.4 is 19.5 Å². The van der Waals surface area contributed by atoms with E-state index >= 15 is 0 Å². The first-order valence-electron chi connectivity index (χ1n) is 9.93. The number of amides is 1. The van der Waals surface area contributed by atoms with Gasteiger partial charge in [0.1, 0.15) is 18.2 Å². The molecule has 33 heavy (non-hydrogen) atoms. The molecule has 0 saturated carbocycles. The second kappa shape index (κ2) is 9.99. The number of hydrogen-bond donors (Lipinski definition) is 1. The van der Waals surface area contributed by atoms with Crippen molar-refractivity contribution < 1.29 is 19.0 Å². The number of nitriles is 1. The molecular weight excluding hydrogens is 508 g/mol. The van der Waals surface area contributed by atoms with Crippen LogP contribution in [0.4, 0.5) is 5.69 Å². The predicted molar refractivity (Wildman–Crippen MR) is 129 cm³/mol. The number of hydrogen-bond acceptors (Lipinski definition) is 5. The lowest BCUT2D eigenvalue weighted by molar-refractivity contribution is -0.112. The van der Waals surface area contributed by atoms with Crippen LogP contribution in [0.25, 0.3) is 6.08 Å². The molecule has 0 saturated heterocycles. The lowest BCUT2D eigenvalue weighted by atomic mass is 10.1.